The predicted molar refractivity (Wildman–Crippen MR) is 119 cm³/mol. The second-order valence-corrected chi connectivity index (χ2v) is 9.48. The normalized spacial score (nSPS) is 17.1. The first-order valence-corrected chi connectivity index (χ1v) is 11.4. The van der Waals surface area contributed by atoms with Crippen LogP contribution in [-0.2, 0) is 16.4 Å². The van der Waals surface area contributed by atoms with Gasteiger partial charge in [0.15, 0.2) is 5.96 Å². The summed E-state index contributed by atoms with van der Waals surface area (Å²) in [6.45, 7) is 2.36. The molecule has 0 unspecified atom stereocenters. The van der Waals surface area contributed by atoms with Crippen LogP contribution in [0.1, 0.15) is 36.4 Å². The Morgan fingerprint density at radius 1 is 1.34 bits per heavy atom. The van der Waals surface area contributed by atoms with Gasteiger partial charge in [0, 0.05) is 43.8 Å². The van der Waals surface area contributed by atoms with Crippen LogP contribution >= 0.6 is 35.3 Å². The number of hydrogen-bond acceptors (Lipinski definition) is 5. The van der Waals surface area contributed by atoms with E-state index in [9.17, 15) is 21.6 Å². The highest BCUT2D eigenvalue weighted by Gasteiger charge is 2.50. The van der Waals surface area contributed by atoms with Gasteiger partial charge in [0.05, 0.1) is 5.01 Å². The summed E-state index contributed by atoms with van der Waals surface area (Å²) in [6.07, 6.45) is 3.43. The van der Waals surface area contributed by atoms with Crippen molar-refractivity contribution in [2.24, 2.45) is 4.99 Å². The first kappa shape index (κ1) is 26.4. The van der Waals surface area contributed by atoms with Crippen LogP contribution in [0.3, 0.4) is 0 Å². The molecule has 2 N–H and O–H groups in total. The zero-order valence-electron chi connectivity index (χ0n) is 16.3. The number of hydrogen-bond donors (Lipinski definition) is 2. The molecule has 0 amide bonds. The van der Waals surface area contributed by atoms with E-state index in [0.29, 0.717) is 29.7 Å². The van der Waals surface area contributed by atoms with Gasteiger partial charge in [-0.1, -0.05) is 0 Å². The zero-order valence-corrected chi connectivity index (χ0v) is 20.3. The van der Waals surface area contributed by atoms with Crippen LogP contribution in [0.25, 0.3) is 0 Å². The van der Waals surface area contributed by atoms with Crippen LogP contribution in [0.5, 0.6) is 0 Å². The van der Waals surface area contributed by atoms with Crippen molar-refractivity contribution in [3.05, 3.63) is 16.1 Å². The van der Waals surface area contributed by atoms with Crippen molar-refractivity contribution in [3.8, 4) is 0 Å². The molecule has 168 valence electrons. The molecule has 2 heterocycles. The second kappa shape index (κ2) is 11.6. The molecule has 29 heavy (non-hydrogen) atoms. The number of sulfonamides is 1. The quantitative estimate of drug-likeness (QED) is 0.228. The smallest absolute Gasteiger partial charge is 0.356 e. The Morgan fingerprint density at radius 3 is 2.52 bits per heavy atom. The van der Waals surface area contributed by atoms with Crippen LogP contribution < -0.4 is 10.6 Å². The fourth-order valence-electron chi connectivity index (χ4n) is 2.90. The van der Waals surface area contributed by atoms with Gasteiger partial charge in [0.2, 0.25) is 0 Å². The molecule has 7 nitrogen and oxygen atoms in total. The largest absolute Gasteiger partial charge is 0.511 e. The minimum Gasteiger partial charge on any atom is -0.356 e. The second-order valence-electron chi connectivity index (χ2n) is 6.61. The monoisotopic (exact) mass is 569 g/mol. The Labute approximate surface area is 190 Å². The first-order valence-electron chi connectivity index (χ1n) is 9.08. The molecule has 0 aliphatic carbocycles. The van der Waals surface area contributed by atoms with Crippen LogP contribution in [-0.4, -0.2) is 61.9 Å². The molecule has 1 fully saturated rings. The van der Waals surface area contributed by atoms with Crippen LogP contribution in [0.4, 0.5) is 13.2 Å². The van der Waals surface area contributed by atoms with Crippen molar-refractivity contribution in [1.82, 2.24) is 19.9 Å². The Bertz CT molecular complexity index is 763. The van der Waals surface area contributed by atoms with Gasteiger partial charge in [-0.15, -0.1) is 35.3 Å². The summed E-state index contributed by atoms with van der Waals surface area (Å²) < 4.78 is 61.2. The van der Waals surface area contributed by atoms with Gasteiger partial charge in [-0.2, -0.15) is 17.5 Å². The summed E-state index contributed by atoms with van der Waals surface area (Å²) in [5.41, 5.74) is -4.21. The number of rotatable bonds is 7. The summed E-state index contributed by atoms with van der Waals surface area (Å²) in [5.74, 6) is 0.572. The molecule has 2 rings (SSSR count). The van der Waals surface area contributed by atoms with Gasteiger partial charge < -0.3 is 10.6 Å². The van der Waals surface area contributed by atoms with E-state index in [4.69, 9.17) is 0 Å². The number of nitrogens with zero attached hydrogens (tertiary/aromatic N) is 3. The van der Waals surface area contributed by atoms with E-state index in [1.807, 2.05) is 12.3 Å². The van der Waals surface area contributed by atoms with E-state index in [-0.39, 0.29) is 43.1 Å². The average Bonchev–Trinajstić information content (AvgIpc) is 3.05. The van der Waals surface area contributed by atoms with Gasteiger partial charge in [0.1, 0.15) is 0 Å². The van der Waals surface area contributed by atoms with Crippen molar-refractivity contribution in [1.29, 1.82) is 0 Å². The Kier molecular flexibility index (Phi) is 10.6. The SMILES string of the molecule is CN=C(NCCCCc1nc(C)cs1)NC1CCN(S(=O)(=O)C(F)(F)F)CC1.I. The molecule has 1 aromatic rings. The minimum absolute atomic E-state index is 0. The van der Waals surface area contributed by atoms with E-state index < -0.39 is 15.5 Å². The third-order valence-electron chi connectivity index (χ3n) is 4.43. The molecule has 0 atom stereocenters. The maximum Gasteiger partial charge on any atom is 0.511 e. The van der Waals surface area contributed by atoms with E-state index in [2.05, 4.69) is 20.6 Å². The Morgan fingerprint density at radius 2 is 2.00 bits per heavy atom. The van der Waals surface area contributed by atoms with E-state index in [1.54, 1.807) is 18.4 Å². The van der Waals surface area contributed by atoms with Crippen molar-refractivity contribution in [2.45, 2.75) is 50.6 Å². The fourth-order valence-corrected chi connectivity index (χ4v) is 4.70. The number of aromatic nitrogens is 1. The summed E-state index contributed by atoms with van der Waals surface area (Å²) in [5, 5.41) is 9.50. The summed E-state index contributed by atoms with van der Waals surface area (Å²) >= 11 is 1.66. The lowest BCUT2D eigenvalue weighted by Crippen LogP contribution is -2.51. The van der Waals surface area contributed by atoms with Gasteiger partial charge >= 0.3 is 15.5 Å². The Hall–Kier alpha value is -0.670. The number of nitrogens with one attached hydrogen (secondary N) is 2. The number of aryl methyl sites for hydroxylation is 2. The first-order chi connectivity index (χ1) is 13.1. The molecule has 1 aliphatic heterocycles. The standard InChI is InChI=1S/C16H26F3N5O2S2.HI/c1-12-11-27-14(22-12)5-3-4-8-21-15(20-2)23-13-6-9-24(10-7-13)28(25,26)16(17,18)19;/h11,13H,3-10H2,1-2H3,(H2,20,21,23);1H. The van der Waals surface area contributed by atoms with Gasteiger partial charge in [-0.3, -0.25) is 4.99 Å². The summed E-state index contributed by atoms with van der Waals surface area (Å²) in [6, 6.07) is -0.121. The molecule has 0 saturated carbocycles. The van der Waals surface area contributed by atoms with E-state index in [1.165, 1.54) is 0 Å². The highest BCUT2D eigenvalue weighted by Crippen LogP contribution is 2.28. The lowest BCUT2D eigenvalue weighted by molar-refractivity contribution is -0.0494. The summed E-state index contributed by atoms with van der Waals surface area (Å²) in [4.78, 5) is 8.54. The molecule has 1 aromatic heterocycles. The number of thiazole rings is 1. The third kappa shape index (κ3) is 7.83. The lowest BCUT2D eigenvalue weighted by Gasteiger charge is -2.32. The molecule has 0 bridgehead atoms. The number of piperidine rings is 1. The molecule has 1 saturated heterocycles. The molecular weight excluding hydrogens is 542 g/mol. The average molecular weight is 569 g/mol. The highest BCUT2D eigenvalue weighted by molar-refractivity contribution is 14.0. The van der Waals surface area contributed by atoms with Crippen molar-refractivity contribution < 1.29 is 21.6 Å². The number of halogens is 4. The molecule has 0 aromatic carbocycles. The van der Waals surface area contributed by atoms with Gasteiger partial charge in [0.25, 0.3) is 0 Å². The predicted octanol–water partition coefficient (Wildman–Crippen LogP) is 2.87. The number of guanidine groups is 1. The van der Waals surface area contributed by atoms with E-state index in [0.717, 1.165) is 30.0 Å². The lowest BCUT2D eigenvalue weighted by atomic mass is 10.1. The fraction of sp³-hybridized carbons (Fsp3) is 0.750. The van der Waals surface area contributed by atoms with Crippen LogP contribution in [0.15, 0.2) is 10.4 Å². The van der Waals surface area contributed by atoms with E-state index >= 15 is 0 Å². The van der Waals surface area contributed by atoms with Crippen molar-refractivity contribution in [3.63, 3.8) is 0 Å². The molecule has 0 radical (unpaired) electrons. The zero-order chi connectivity index (χ0) is 20.8. The number of alkyl halides is 3. The maximum atomic E-state index is 12.6. The maximum absolute atomic E-state index is 12.6. The number of aliphatic imine (C=N–C) groups is 1. The van der Waals surface area contributed by atoms with Crippen molar-refractivity contribution >= 4 is 51.3 Å². The Balaban J connectivity index is 0.00000420. The molecule has 13 heteroatoms. The molecule has 0 spiro atoms. The number of unbranched alkanes of at least 4 members (excludes halogenated alkanes) is 1. The molecule has 1 aliphatic rings. The third-order valence-corrected chi connectivity index (χ3v) is 7.08. The highest BCUT2D eigenvalue weighted by atomic mass is 127. The topological polar surface area (TPSA) is 86.7 Å². The summed E-state index contributed by atoms with van der Waals surface area (Å²) in [7, 11) is -3.62. The van der Waals surface area contributed by atoms with Crippen molar-refractivity contribution in [2.75, 3.05) is 26.7 Å². The van der Waals surface area contributed by atoms with Crippen LogP contribution in [0.2, 0.25) is 0 Å². The van der Waals surface area contributed by atoms with Gasteiger partial charge in [-0.05, 0) is 39.0 Å². The minimum atomic E-state index is -5.25. The van der Waals surface area contributed by atoms with Crippen LogP contribution in [0, 0.1) is 6.92 Å². The van der Waals surface area contributed by atoms with Gasteiger partial charge in [-0.25, -0.2) is 13.4 Å². The molecular formula is C16H27F3IN5O2S2.